The van der Waals surface area contributed by atoms with E-state index in [0.29, 0.717) is 28.6 Å². The molecule has 0 fully saturated rings. The summed E-state index contributed by atoms with van der Waals surface area (Å²) in [5.41, 5.74) is 1.50. The van der Waals surface area contributed by atoms with Gasteiger partial charge >= 0.3 is 0 Å². The predicted molar refractivity (Wildman–Crippen MR) is 93.8 cm³/mol. The zero-order valence-corrected chi connectivity index (χ0v) is 14.9. The SMILES string of the molecule is COc1ccc(OC)c(C(O)/C=C/c2cc3c(cc2Br)OCO3)c1. The number of ether oxygens (including phenoxy) is 4. The average molecular weight is 393 g/mol. The largest absolute Gasteiger partial charge is 0.497 e. The van der Waals surface area contributed by atoms with Crippen molar-refractivity contribution in [2.45, 2.75) is 6.10 Å². The van der Waals surface area contributed by atoms with Crippen LogP contribution < -0.4 is 18.9 Å². The first-order chi connectivity index (χ1) is 11.6. The van der Waals surface area contributed by atoms with Crippen molar-refractivity contribution < 1.29 is 24.1 Å². The number of hydrogen-bond donors (Lipinski definition) is 1. The zero-order chi connectivity index (χ0) is 17.1. The van der Waals surface area contributed by atoms with Gasteiger partial charge in [0.1, 0.15) is 17.6 Å². The summed E-state index contributed by atoms with van der Waals surface area (Å²) < 4.78 is 22.1. The molecule has 1 unspecified atom stereocenters. The monoisotopic (exact) mass is 392 g/mol. The molecule has 0 amide bonds. The third-order valence-electron chi connectivity index (χ3n) is 3.71. The highest BCUT2D eigenvalue weighted by molar-refractivity contribution is 9.10. The number of aliphatic hydroxyl groups is 1. The third-order valence-corrected chi connectivity index (χ3v) is 4.39. The van der Waals surface area contributed by atoms with E-state index in [1.807, 2.05) is 18.2 Å². The van der Waals surface area contributed by atoms with Crippen LogP contribution in [0.25, 0.3) is 6.08 Å². The van der Waals surface area contributed by atoms with E-state index in [9.17, 15) is 5.11 Å². The van der Waals surface area contributed by atoms with Crippen LogP contribution in [0.3, 0.4) is 0 Å². The second kappa shape index (κ2) is 7.15. The number of fused-ring (bicyclic) bond motifs is 1. The van der Waals surface area contributed by atoms with E-state index in [1.165, 1.54) is 0 Å². The second-order valence-corrected chi connectivity index (χ2v) is 5.99. The fraction of sp³-hybridized carbons (Fsp3) is 0.222. The van der Waals surface area contributed by atoms with Crippen molar-refractivity contribution in [3.05, 3.63) is 52.0 Å². The summed E-state index contributed by atoms with van der Waals surface area (Å²) in [6.45, 7) is 0.221. The molecule has 3 rings (SSSR count). The summed E-state index contributed by atoms with van der Waals surface area (Å²) in [7, 11) is 3.15. The highest BCUT2D eigenvalue weighted by Gasteiger charge is 2.16. The lowest BCUT2D eigenvalue weighted by Crippen LogP contribution is -1.98. The minimum absolute atomic E-state index is 0.221. The fourth-order valence-electron chi connectivity index (χ4n) is 2.43. The molecule has 0 spiro atoms. The van der Waals surface area contributed by atoms with Gasteiger partial charge in [0.15, 0.2) is 11.5 Å². The van der Waals surface area contributed by atoms with Crippen LogP contribution in [-0.4, -0.2) is 26.1 Å². The molecule has 2 aromatic carbocycles. The minimum Gasteiger partial charge on any atom is -0.497 e. The van der Waals surface area contributed by atoms with Crippen molar-refractivity contribution >= 4 is 22.0 Å². The Balaban J connectivity index is 1.87. The molecule has 1 atom stereocenters. The van der Waals surface area contributed by atoms with Gasteiger partial charge in [-0.15, -0.1) is 0 Å². The van der Waals surface area contributed by atoms with Crippen molar-refractivity contribution in [2.24, 2.45) is 0 Å². The Hall–Kier alpha value is -2.18. The molecule has 0 saturated carbocycles. The van der Waals surface area contributed by atoms with Gasteiger partial charge in [-0.05, 0) is 35.9 Å². The zero-order valence-electron chi connectivity index (χ0n) is 13.3. The van der Waals surface area contributed by atoms with Crippen LogP contribution >= 0.6 is 15.9 Å². The summed E-state index contributed by atoms with van der Waals surface area (Å²) in [5.74, 6) is 2.64. The first-order valence-corrected chi connectivity index (χ1v) is 8.09. The van der Waals surface area contributed by atoms with Gasteiger partial charge in [-0.25, -0.2) is 0 Å². The molecule has 0 radical (unpaired) electrons. The van der Waals surface area contributed by atoms with Crippen molar-refractivity contribution in [2.75, 3.05) is 21.0 Å². The molecule has 5 nitrogen and oxygen atoms in total. The molecular formula is C18H17BrO5. The van der Waals surface area contributed by atoms with E-state index >= 15 is 0 Å². The van der Waals surface area contributed by atoms with E-state index in [-0.39, 0.29) is 6.79 Å². The van der Waals surface area contributed by atoms with Gasteiger partial charge in [0.2, 0.25) is 6.79 Å². The molecular weight excluding hydrogens is 376 g/mol. The molecule has 1 aliphatic rings. The van der Waals surface area contributed by atoms with Crippen LogP contribution in [0.4, 0.5) is 0 Å². The van der Waals surface area contributed by atoms with Crippen LogP contribution in [0.15, 0.2) is 40.9 Å². The van der Waals surface area contributed by atoms with Gasteiger partial charge in [0, 0.05) is 10.0 Å². The maximum atomic E-state index is 10.5. The molecule has 1 N–H and O–H groups in total. The predicted octanol–water partition coefficient (Wildman–Crippen LogP) is 3.94. The van der Waals surface area contributed by atoms with E-state index in [1.54, 1.807) is 38.5 Å². The second-order valence-electron chi connectivity index (χ2n) is 5.14. The van der Waals surface area contributed by atoms with Crippen LogP contribution in [0.2, 0.25) is 0 Å². The molecule has 6 heteroatoms. The maximum absolute atomic E-state index is 10.5. The average Bonchev–Trinajstić information content (AvgIpc) is 3.05. The lowest BCUT2D eigenvalue weighted by Gasteiger charge is -2.13. The number of halogens is 1. The van der Waals surface area contributed by atoms with E-state index in [0.717, 1.165) is 10.0 Å². The molecule has 1 aliphatic heterocycles. The van der Waals surface area contributed by atoms with E-state index < -0.39 is 6.10 Å². The molecule has 0 bridgehead atoms. The smallest absolute Gasteiger partial charge is 0.231 e. The molecule has 1 heterocycles. The molecule has 0 saturated heterocycles. The summed E-state index contributed by atoms with van der Waals surface area (Å²) >= 11 is 3.49. The first-order valence-electron chi connectivity index (χ1n) is 7.29. The standard InChI is InChI=1S/C18H17BrO5/c1-21-12-4-6-16(22-2)13(8-12)15(20)5-3-11-7-17-18(9-14(11)19)24-10-23-17/h3-9,15,20H,10H2,1-2H3/b5-3+. The maximum Gasteiger partial charge on any atom is 0.231 e. The van der Waals surface area contributed by atoms with Gasteiger partial charge in [0.05, 0.1) is 14.2 Å². The quantitative estimate of drug-likeness (QED) is 0.834. The fourth-order valence-corrected chi connectivity index (χ4v) is 2.88. The molecule has 0 aliphatic carbocycles. The summed E-state index contributed by atoms with van der Waals surface area (Å²) in [6, 6.07) is 9.01. The van der Waals surface area contributed by atoms with Crippen LogP contribution in [0.1, 0.15) is 17.2 Å². The Bertz CT molecular complexity index is 772. The molecule has 126 valence electrons. The Morgan fingerprint density at radius 3 is 2.58 bits per heavy atom. The summed E-state index contributed by atoms with van der Waals surface area (Å²) in [6.07, 6.45) is 2.65. The van der Waals surface area contributed by atoms with Crippen molar-refractivity contribution in [3.8, 4) is 23.0 Å². The summed E-state index contributed by atoms with van der Waals surface area (Å²) in [4.78, 5) is 0. The van der Waals surface area contributed by atoms with Crippen LogP contribution in [0.5, 0.6) is 23.0 Å². The highest BCUT2D eigenvalue weighted by Crippen LogP contribution is 2.38. The van der Waals surface area contributed by atoms with Gasteiger partial charge in [-0.2, -0.15) is 0 Å². The number of methoxy groups -OCH3 is 2. The van der Waals surface area contributed by atoms with Gasteiger partial charge in [0.25, 0.3) is 0 Å². The Morgan fingerprint density at radius 2 is 1.88 bits per heavy atom. The molecule has 0 aromatic heterocycles. The third kappa shape index (κ3) is 3.34. The van der Waals surface area contributed by atoms with E-state index in [2.05, 4.69) is 15.9 Å². The number of aliphatic hydroxyl groups excluding tert-OH is 1. The Labute approximate surface area is 148 Å². The number of rotatable bonds is 5. The normalized spacial score (nSPS) is 14.0. The van der Waals surface area contributed by atoms with Crippen LogP contribution in [0, 0.1) is 0 Å². The van der Waals surface area contributed by atoms with E-state index in [4.69, 9.17) is 18.9 Å². The first kappa shape index (κ1) is 16.7. The minimum atomic E-state index is -0.840. The molecule has 24 heavy (non-hydrogen) atoms. The van der Waals surface area contributed by atoms with Gasteiger partial charge in [-0.1, -0.05) is 28.1 Å². The van der Waals surface area contributed by atoms with Gasteiger partial charge in [-0.3, -0.25) is 0 Å². The number of benzene rings is 2. The van der Waals surface area contributed by atoms with Crippen molar-refractivity contribution in [1.82, 2.24) is 0 Å². The topological polar surface area (TPSA) is 57.2 Å². The number of hydrogen-bond acceptors (Lipinski definition) is 5. The lowest BCUT2D eigenvalue weighted by molar-refractivity contribution is 0.174. The van der Waals surface area contributed by atoms with Crippen molar-refractivity contribution in [3.63, 3.8) is 0 Å². The molecule has 2 aromatic rings. The Kier molecular flexibility index (Phi) is 4.97. The Morgan fingerprint density at radius 1 is 1.12 bits per heavy atom. The van der Waals surface area contributed by atoms with Crippen molar-refractivity contribution in [1.29, 1.82) is 0 Å². The summed E-state index contributed by atoms with van der Waals surface area (Å²) in [5, 5.41) is 10.5. The highest BCUT2D eigenvalue weighted by atomic mass is 79.9. The van der Waals surface area contributed by atoms with Crippen LogP contribution in [-0.2, 0) is 0 Å². The lowest BCUT2D eigenvalue weighted by atomic mass is 10.1. The van der Waals surface area contributed by atoms with Gasteiger partial charge < -0.3 is 24.1 Å².